The minimum atomic E-state index is 0.468. The Kier molecular flexibility index (Phi) is 6.19. The predicted octanol–water partition coefficient (Wildman–Crippen LogP) is 2.14. The van der Waals surface area contributed by atoms with Crippen molar-refractivity contribution >= 4 is 0 Å². The van der Waals surface area contributed by atoms with E-state index in [2.05, 4.69) is 52.7 Å². The number of benzene rings is 1. The molecule has 1 unspecified atom stereocenters. The topological polar surface area (TPSA) is 18.5 Å². The molecule has 0 saturated carbocycles. The Morgan fingerprint density at radius 1 is 1.12 bits per heavy atom. The van der Waals surface area contributed by atoms with Gasteiger partial charge in [0.25, 0.3) is 0 Å². The normalized spacial score (nSPS) is 21.8. The second kappa shape index (κ2) is 7.43. The van der Waals surface area contributed by atoms with Gasteiger partial charge in [0.15, 0.2) is 0 Å². The second-order valence-electron chi connectivity index (χ2n) is 4.11. The van der Waals surface area contributed by atoms with Crippen molar-refractivity contribution < 1.29 is 0 Å². The van der Waals surface area contributed by atoms with E-state index in [-0.39, 0.29) is 0 Å². The van der Waals surface area contributed by atoms with Crippen LogP contribution >= 0.6 is 0 Å². The average Bonchev–Trinajstić information content (AvgIpc) is 2.42. The number of hydrogen-bond donors (Lipinski definition) is 1. The zero-order valence-corrected chi connectivity index (χ0v) is 11.5. The number of rotatable bonds is 2. The zero-order valence-electron chi connectivity index (χ0n) is 11.5. The van der Waals surface area contributed by atoms with Crippen molar-refractivity contribution in [1.29, 1.82) is 0 Å². The Morgan fingerprint density at radius 2 is 1.76 bits per heavy atom. The van der Waals surface area contributed by atoms with Crippen LogP contribution < -0.4 is 5.43 Å². The molecule has 1 atom stereocenters. The number of hydrogen-bond acceptors (Lipinski definition) is 3. The number of nitrogens with one attached hydrogen (secondary N) is 1. The van der Waals surface area contributed by atoms with Crippen LogP contribution in [0, 0.1) is 0 Å². The third-order valence-corrected chi connectivity index (χ3v) is 3.06. The molecule has 0 bridgehead atoms. The zero-order chi connectivity index (χ0) is 12.7. The van der Waals surface area contributed by atoms with Crippen LogP contribution in [0.1, 0.15) is 25.5 Å². The fraction of sp³-hybridized carbons (Fsp3) is 0.571. The lowest BCUT2D eigenvalue weighted by molar-refractivity contribution is 0.0530. The van der Waals surface area contributed by atoms with E-state index in [4.69, 9.17) is 0 Å². The van der Waals surface area contributed by atoms with Crippen LogP contribution in [0.2, 0.25) is 0 Å². The van der Waals surface area contributed by atoms with E-state index in [0.717, 1.165) is 19.6 Å². The van der Waals surface area contributed by atoms with Crippen LogP contribution in [0.3, 0.4) is 0 Å². The molecule has 0 aromatic heterocycles. The van der Waals surface area contributed by atoms with E-state index in [9.17, 15) is 0 Å². The molecule has 96 valence electrons. The lowest BCUT2D eigenvalue weighted by atomic mass is 10.0. The van der Waals surface area contributed by atoms with Gasteiger partial charge in [0, 0.05) is 19.6 Å². The molecule has 1 saturated heterocycles. The molecule has 17 heavy (non-hydrogen) atoms. The highest BCUT2D eigenvalue weighted by atomic mass is 15.5. The number of hydrazine groups is 1. The van der Waals surface area contributed by atoms with E-state index in [1.807, 2.05) is 20.9 Å². The maximum atomic E-state index is 3.28. The Labute approximate surface area is 105 Å². The molecule has 2 rings (SSSR count). The Balaban J connectivity index is 0.000000686. The van der Waals surface area contributed by atoms with Crippen molar-refractivity contribution in [1.82, 2.24) is 15.3 Å². The first kappa shape index (κ1) is 14.2. The smallest absolute Gasteiger partial charge is 0.0620 e. The molecule has 0 aliphatic carbocycles. The minimum absolute atomic E-state index is 0.468. The molecule has 1 N–H and O–H groups in total. The van der Waals surface area contributed by atoms with E-state index < -0.39 is 0 Å². The van der Waals surface area contributed by atoms with Gasteiger partial charge in [-0.1, -0.05) is 44.2 Å². The summed E-state index contributed by atoms with van der Waals surface area (Å²) >= 11 is 0. The molecule has 3 heteroatoms. The molecular weight excluding hydrogens is 210 g/mol. The van der Waals surface area contributed by atoms with Crippen LogP contribution in [-0.4, -0.2) is 43.6 Å². The summed E-state index contributed by atoms with van der Waals surface area (Å²) in [7, 11) is 4.18. The van der Waals surface area contributed by atoms with E-state index in [1.165, 1.54) is 5.56 Å². The first-order chi connectivity index (χ1) is 8.31. The number of piperazine rings is 1. The highest BCUT2D eigenvalue weighted by Gasteiger charge is 2.25. The summed E-state index contributed by atoms with van der Waals surface area (Å²) in [4.78, 5) is 2.38. The molecule has 1 fully saturated rings. The van der Waals surface area contributed by atoms with Gasteiger partial charge in [0.1, 0.15) is 0 Å². The molecule has 1 aromatic rings. The summed E-state index contributed by atoms with van der Waals surface area (Å²) < 4.78 is 0. The maximum Gasteiger partial charge on any atom is 0.0620 e. The lowest BCUT2D eigenvalue weighted by Crippen LogP contribution is -2.51. The quantitative estimate of drug-likeness (QED) is 0.847. The Hall–Kier alpha value is -0.900. The molecule has 3 nitrogen and oxygen atoms in total. The van der Waals surface area contributed by atoms with Gasteiger partial charge in [0.05, 0.1) is 6.04 Å². The third-order valence-electron chi connectivity index (χ3n) is 3.06. The van der Waals surface area contributed by atoms with E-state index in [0.29, 0.717) is 6.04 Å². The predicted molar refractivity (Wildman–Crippen MR) is 73.8 cm³/mol. The van der Waals surface area contributed by atoms with Gasteiger partial charge in [-0.25, -0.2) is 5.01 Å². The minimum Gasteiger partial charge on any atom is -0.303 e. The van der Waals surface area contributed by atoms with Crippen molar-refractivity contribution in [2.75, 3.05) is 33.7 Å². The summed E-state index contributed by atoms with van der Waals surface area (Å²) in [6, 6.07) is 11.2. The monoisotopic (exact) mass is 235 g/mol. The van der Waals surface area contributed by atoms with Crippen LogP contribution in [0.5, 0.6) is 0 Å². The van der Waals surface area contributed by atoms with E-state index >= 15 is 0 Å². The standard InChI is InChI=1S/C12H19N3.C2H6/c1-13-15-9-8-14(2)10-12(15)11-6-4-3-5-7-11;1-2/h3-7,12-13H,8-10H2,1-2H3;1-2H3. The molecule has 1 aromatic carbocycles. The summed E-state index contributed by atoms with van der Waals surface area (Å²) in [6.07, 6.45) is 0. The summed E-state index contributed by atoms with van der Waals surface area (Å²) in [6.45, 7) is 7.29. The third kappa shape index (κ3) is 3.80. The SMILES string of the molecule is CC.CNN1CCN(C)CC1c1ccccc1. The van der Waals surface area contributed by atoms with Gasteiger partial charge in [0.2, 0.25) is 0 Å². The van der Waals surface area contributed by atoms with Crippen molar-refractivity contribution in [3.05, 3.63) is 35.9 Å². The van der Waals surface area contributed by atoms with Crippen molar-refractivity contribution in [3.63, 3.8) is 0 Å². The molecule has 0 radical (unpaired) electrons. The lowest BCUT2D eigenvalue weighted by Gasteiger charge is -2.39. The Bertz CT molecular complexity index is 300. The van der Waals surface area contributed by atoms with Crippen molar-refractivity contribution in [2.24, 2.45) is 0 Å². The number of nitrogens with zero attached hydrogens (tertiary/aromatic N) is 2. The first-order valence-corrected chi connectivity index (χ1v) is 6.49. The van der Waals surface area contributed by atoms with Crippen LogP contribution in [-0.2, 0) is 0 Å². The summed E-state index contributed by atoms with van der Waals surface area (Å²) in [5.41, 5.74) is 4.67. The molecule has 0 spiro atoms. The summed E-state index contributed by atoms with van der Waals surface area (Å²) in [5, 5.41) is 2.31. The first-order valence-electron chi connectivity index (χ1n) is 6.49. The van der Waals surface area contributed by atoms with Gasteiger partial charge >= 0.3 is 0 Å². The van der Waals surface area contributed by atoms with Crippen molar-refractivity contribution in [3.8, 4) is 0 Å². The maximum absolute atomic E-state index is 3.28. The fourth-order valence-electron chi connectivity index (χ4n) is 2.15. The highest BCUT2D eigenvalue weighted by molar-refractivity contribution is 5.19. The molecule has 0 amide bonds. The van der Waals surface area contributed by atoms with Gasteiger partial charge in [-0.05, 0) is 19.7 Å². The fourth-order valence-corrected chi connectivity index (χ4v) is 2.15. The molecule has 1 aliphatic rings. The molecule has 1 aliphatic heterocycles. The summed E-state index contributed by atoms with van der Waals surface area (Å²) in [5.74, 6) is 0. The van der Waals surface area contributed by atoms with Gasteiger partial charge in [-0.15, -0.1) is 0 Å². The Morgan fingerprint density at radius 3 is 2.35 bits per heavy atom. The van der Waals surface area contributed by atoms with Crippen molar-refractivity contribution in [2.45, 2.75) is 19.9 Å². The molecular formula is C14H25N3. The van der Waals surface area contributed by atoms with Gasteiger partial charge in [-0.2, -0.15) is 0 Å². The van der Waals surface area contributed by atoms with Gasteiger partial charge in [-0.3, -0.25) is 5.43 Å². The second-order valence-corrected chi connectivity index (χ2v) is 4.11. The van der Waals surface area contributed by atoms with Crippen LogP contribution in [0.25, 0.3) is 0 Å². The van der Waals surface area contributed by atoms with Gasteiger partial charge < -0.3 is 4.90 Å². The van der Waals surface area contributed by atoms with Crippen LogP contribution in [0.15, 0.2) is 30.3 Å². The average molecular weight is 235 g/mol. The largest absolute Gasteiger partial charge is 0.303 e. The van der Waals surface area contributed by atoms with Crippen LogP contribution in [0.4, 0.5) is 0 Å². The highest BCUT2D eigenvalue weighted by Crippen LogP contribution is 2.22. The van der Waals surface area contributed by atoms with E-state index in [1.54, 1.807) is 0 Å². The number of likely N-dealkylation sites (N-methyl/N-ethyl adjacent to an activating group) is 1. The molecule has 1 heterocycles.